The molecule has 0 rings (SSSR count). The molecule has 0 radical (unpaired) electrons. The maximum absolute atomic E-state index is 10.0. The Bertz CT molecular complexity index is 103. The van der Waals surface area contributed by atoms with Gasteiger partial charge in [0, 0.05) is 0 Å². The van der Waals surface area contributed by atoms with E-state index in [2.05, 4.69) is 6.92 Å². The molecule has 0 heterocycles. The summed E-state index contributed by atoms with van der Waals surface area (Å²) in [5.41, 5.74) is 0.850. The highest BCUT2D eigenvalue weighted by atomic mass is 16.1. The van der Waals surface area contributed by atoms with E-state index in [-0.39, 0.29) is 0 Å². The first kappa shape index (κ1) is 8.41. The van der Waals surface area contributed by atoms with Crippen LogP contribution in [0.25, 0.3) is 0 Å². The summed E-state index contributed by atoms with van der Waals surface area (Å²) in [7, 11) is 0. The van der Waals surface area contributed by atoms with Crippen LogP contribution in [0.1, 0.15) is 33.1 Å². The fraction of sp³-hybridized carbons (Fsp3) is 0.625. The first-order valence-electron chi connectivity index (χ1n) is 3.43. The average molecular weight is 126 g/mol. The Morgan fingerprint density at radius 1 is 1.56 bits per heavy atom. The van der Waals surface area contributed by atoms with Crippen molar-refractivity contribution in [1.29, 1.82) is 0 Å². The van der Waals surface area contributed by atoms with Gasteiger partial charge in [-0.1, -0.05) is 25.8 Å². The predicted octanol–water partition coefficient (Wildman–Crippen LogP) is 2.32. The van der Waals surface area contributed by atoms with Crippen LogP contribution in [0.3, 0.4) is 0 Å². The Kier molecular flexibility index (Phi) is 5.18. The van der Waals surface area contributed by atoms with Crippen LogP contribution in [0, 0.1) is 0 Å². The van der Waals surface area contributed by atoms with E-state index in [1.165, 1.54) is 12.8 Å². The van der Waals surface area contributed by atoms with Crippen molar-refractivity contribution in [2.45, 2.75) is 33.1 Å². The number of unbranched alkanes of at least 4 members (excludes halogenated alkanes) is 2. The Labute approximate surface area is 56.8 Å². The highest BCUT2D eigenvalue weighted by Gasteiger charge is 1.82. The van der Waals surface area contributed by atoms with Gasteiger partial charge in [-0.25, -0.2) is 0 Å². The highest BCUT2D eigenvalue weighted by Crippen LogP contribution is 1.97. The van der Waals surface area contributed by atoms with Crippen molar-refractivity contribution >= 4 is 6.29 Å². The van der Waals surface area contributed by atoms with E-state index in [1.807, 2.05) is 13.0 Å². The van der Waals surface area contributed by atoms with Crippen LogP contribution >= 0.6 is 0 Å². The Morgan fingerprint density at radius 2 is 2.22 bits per heavy atom. The second-order valence-electron chi connectivity index (χ2n) is 2.21. The second kappa shape index (κ2) is 5.54. The molecule has 0 aliphatic rings. The number of rotatable bonds is 4. The van der Waals surface area contributed by atoms with Gasteiger partial charge in [-0.15, -0.1) is 0 Å². The van der Waals surface area contributed by atoms with Crippen molar-refractivity contribution < 1.29 is 4.79 Å². The van der Waals surface area contributed by atoms with Crippen molar-refractivity contribution in [3.8, 4) is 0 Å². The van der Waals surface area contributed by atoms with Gasteiger partial charge in [0.1, 0.15) is 6.29 Å². The van der Waals surface area contributed by atoms with Crippen molar-refractivity contribution in [3.63, 3.8) is 0 Å². The van der Waals surface area contributed by atoms with Gasteiger partial charge >= 0.3 is 0 Å². The number of hydrogen-bond acceptors (Lipinski definition) is 1. The van der Waals surface area contributed by atoms with Gasteiger partial charge in [0.15, 0.2) is 0 Å². The maximum Gasteiger partial charge on any atom is 0.145 e. The van der Waals surface area contributed by atoms with Crippen LogP contribution < -0.4 is 0 Å². The molecule has 0 aliphatic carbocycles. The number of carbonyl (C=O) groups excluding carboxylic acids is 1. The minimum Gasteiger partial charge on any atom is -0.298 e. The summed E-state index contributed by atoms with van der Waals surface area (Å²) in [6.45, 7) is 3.98. The lowest BCUT2D eigenvalue weighted by Crippen LogP contribution is -1.75. The molecule has 0 atom stereocenters. The molecule has 0 saturated carbocycles. The van der Waals surface area contributed by atoms with Gasteiger partial charge in [-0.3, -0.25) is 4.79 Å². The summed E-state index contributed by atoms with van der Waals surface area (Å²) in [4.78, 5) is 10.0. The lowest BCUT2D eigenvalue weighted by Gasteiger charge is -1.88. The molecule has 0 amide bonds. The van der Waals surface area contributed by atoms with Gasteiger partial charge in [-0.2, -0.15) is 0 Å². The molecule has 0 aliphatic heterocycles. The largest absolute Gasteiger partial charge is 0.298 e. The van der Waals surface area contributed by atoms with E-state index >= 15 is 0 Å². The van der Waals surface area contributed by atoms with Crippen LogP contribution in [0.15, 0.2) is 11.6 Å². The van der Waals surface area contributed by atoms with Crippen molar-refractivity contribution in [2.24, 2.45) is 0 Å². The molecule has 0 spiro atoms. The Hall–Kier alpha value is -0.590. The van der Waals surface area contributed by atoms with E-state index in [9.17, 15) is 4.79 Å². The SMILES string of the molecule is CCCC/C=C(\C)C=O. The molecular formula is C8H14O. The zero-order chi connectivity index (χ0) is 7.11. The molecule has 0 aromatic carbocycles. The monoisotopic (exact) mass is 126 g/mol. The van der Waals surface area contributed by atoms with E-state index in [0.717, 1.165) is 18.3 Å². The average Bonchev–Trinajstić information content (AvgIpc) is 1.89. The summed E-state index contributed by atoms with van der Waals surface area (Å²) >= 11 is 0. The van der Waals surface area contributed by atoms with Crippen LogP contribution in [-0.2, 0) is 4.79 Å². The molecule has 0 bridgehead atoms. The third-order valence-corrected chi connectivity index (χ3v) is 1.21. The summed E-state index contributed by atoms with van der Waals surface area (Å²) < 4.78 is 0. The number of aldehydes is 1. The van der Waals surface area contributed by atoms with Crippen LogP contribution in [0.4, 0.5) is 0 Å². The van der Waals surface area contributed by atoms with Crippen LogP contribution in [0.5, 0.6) is 0 Å². The lowest BCUT2D eigenvalue weighted by molar-refractivity contribution is -0.104. The summed E-state index contributed by atoms with van der Waals surface area (Å²) in [5.74, 6) is 0. The van der Waals surface area contributed by atoms with E-state index in [0.29, 0.717) is 0 Å². The summed E-state index contributed by atoms with van der Waals surface area (Å²) in [6, 6.07) is 0. The molecule has 1 heteroatoms. The molecule has 0 saturated heterocycles. The highest BCUT2D eigenvalue weighted by molar-refractivity contribution is 5.71. The summed E-state index contributed by atoms with van der Waals surface area (Å²) in [5, 5.41) is 0. The van der Waals surface area contributed by atoms with E-state index in [4.69, 9.17) is 0 Å². The molecule has 0 fully saturated rings. The zero-order valence-electron chi connectivity index (χ0n) is 6.18. The quantitative estimate of drug-likeness (QED) is 0.321. The maximum atomic E-state index is 10.0. The van der Waals surface area contributed by atoms with Gasteiger partial charge in [-0.05, 0) is 18.9 Å². The molecule has 9 heavy (non-hydrogen) atoms. The first-order valence-corrected chi connectivity index (χ1v) is 3.43. The van der Waals surface area contributed by atoms with Crippen LogP contribution in [-0.4, -0.2) is 6.29 Å². The fourth-order valence-corrected chi connectivity index (χ4v) is 0.582. The molecule has 0 aromatic heterocycles. The molecule has 0 N–H and O–H groups in total. The minimum absolute atomic E-state index is 0.850. The molecule has 52 valence electrons. The number of allylic oxidation sites excluding steroid dienone is 2. The van der Waals surface area contributed by atoms with Crippen molar-refractivity contribution in [1.82, 2.24) is 0 Å². The topological polar surface area (TPSA) is 17.1 Å². The Morgan fingerprint density at radius 3 is 2.67 bits per heavy atom. The molecule has 0 aromatic rings. The van der Waals surface area contributed by atoms with Gasteiger partial charge in [0.2, 0.25) is 0 Å². The smallest absolute Gasteiger partial charge is 0.145 e. The first-order chi connectivity index (χ1) is 4.31. The number of hydrogen-bond donors (Lipinski definition) is 0. The zero-order valence-corrected chi connectivity index (χ0v) is 6.18. The number of carbonyl (C=O) groups is 1. The van der Waals surface area contributed by atoms with Crippen molar-refractivity contribution in [3.05, 3.63) is 11.6 Å². The molecular weight excluding hydrogens is 112 g/mol. The van der Waals surface area contributed by atoms with Gasteiger partial charge in [0.25, 0.3) is 0 Å². The van der Waals surface area contributed by atoms with Gasteiger partial charge < -0.3 is 0 Å². The van der Waals surface area contributed by atoms with Gasteiger partial charge in [0.05, 0.1) is 0 Å². The molecule has 0 unspecified atom stereocenters. The lowest BCUT2D eigenvalue weighted by atomic mass is 10.2. The second-order valence-corrected chi connectivity index (χ2v) is 2.21. The van der Waals surface area contributed by atoms with Crippen LogP contribution in [0.2, 0.25) is 0 Å². The third kappa shape index (κ3) is 5.28. The Balaban J connectivity index is 3.31. The standard InChI is InChI=1S/C8H14O/c1-3-4-5-6-8(2)7-9/h6-7H,3-5H2,1-2H3/b8-6+. The predicted molar refractivity (Wildman–Crippen MR) is 39.3 cm³/mol. The third-order valence-electron chi connectivity index (χ3n) is 1.21. The summed E-state index contributed by atoms with van der Waals surface area (Å²) in [6.07, 6.45) is 6.31. The van der Waals surface area contributed by atoms with E-state index in [1.54, 1.807) is 0 Å². The fourth-order valence-electron chi connectivity index (χ4n) is 0.582. The van der Waals surface area contributed by atoms with Crippen molar-refractivity contribution in [2.75, 3.05) is 0 Å². The molecule has 1 nitrogen and oxygen atoms in total. The van der Waals surface area contributed by atoms with E-state index < -0.39 is 0 Å². The minimum atomic E-state index is 0.850. The normalized spacial score (nSPS) is 11.6.